The van der Waals surface area contributed by atoms with Gasteiger partial charge in [-0.2, -0.15) is 0 Å². The van der Waals surface area contributed by atoms with E-state index in [9.17, 15) is 4.79 Å². The smallest absolute Gasteiger partial charge is 0.260 e. The molecule has 0 saturated heterocycles. The number of hydrogen-bond donors (Lipinski definition) is 1. The van der Waals surface area contributed by atoms with Crippen LogP contribution in [0.2, 0.25) is 0 Å². The van der Waals surface area contributed by atoms with Crippen molar-refractivity contribution >= 4 is 16.9 Å². The first-order valence-corrected chi connectivity index (χ1v) is 10.5. The number of rotatable bonds is 9. The summed E-state index contributed by atoms with van der Waals surface area (Å²) in [6, 6.07) is 10.4. The van der Waals surface area contributed by atoms with Gasteiger partial charge in [0.05, 0.1) is 25.1 Å². The number of methoxy groups -OCH3 is 2. The second kappa shape index (κ2) is 9.83. The number of aromatic nitrogens is 2. The van der Waals surface area contributed by atoms with Crippen molar-refractivity contribution in [1.82, 2.24) is 14.9 Å². The first kappa shape index (κ1) is 22.6. The highest BCUT2D eigenvalue weighted by Gasteiger charge is 2.17. The van der Waals surface area contributed by atoms with Gasteiger partial charge in [0.15, 0.2) is 11.5 Å². The van der Waals surface area contributed by atoms with Gasteiger partial charge in [-0.05, 0) is 38.1 Å². The van der Waals surface area contributed by atoms with Crippen molar-refractivity contribution in [3.05, 3.63) is 57.4 Å². The molecule has 0 aliphatic rings. The van der Waals surface area contributed by atoms with Gasteiger partial charge in [-0.15, -0.1) is 0 Å². The van der Waals surface area contributed by atoms with E-state index < -0.39 is 0 Å². The van der Waals surface area contributed by atoms with E-state index >= 15 is 0 Å². The Labute approximate surface area is 183 Å². The number of nitrogens with zero attached hydrogens (tertiary/aromatic N) is 3. The van der Waals surface area contributed by atoms with E-state index in [1.54, 1.807) is 20.3 Å². The monoisotopic (exact) mass is 424 g/mol. The Morgan fingerprint density at radius 2 is 1.74 bits per heavy atom. The maximum Gasteiger partial charge on any atom is 0.260 e. The SMILES string of the molecule is CCN(C)CCc1ccc(CN(C)c2nc3cc(OC)c(OC)c(C)c3c(=O)[nH]2)cc1. The fraction of sp³-hybridized carbons (Fsp3) is 0.417. The molecule has 7 nitrogen and oxygen atoms in total. The van der Waals surface area contributed by atoms with Crippen LogP contribution in [0, 0.1) is 6.92 Å². The van der Waals surface area contributed by atoms with Crippen LogP contribution < -0.4 is 19.9 Å². The number of likely N-dealkylation sites (N-methyl/N-ethyl adjacent to an activating group) is 1. The van der Waals surface area contributed by atoms with E-state index in [4.69, 9.17) is 9.47 Å². The molecular weight excluding hydrogens is 392 g/mol. The molecule has 31 heavy (non-hydrogen) atoms. The van der Waals surface area contributed by atoms with Gasteiger partial charge in [-0.1, -0.05) is 31.2 Å². The summed E-state index contributed by atoms with van der Waals surface area (Å²) in [6.07, 6.45) is 1.03. The summed E-state index contributed by atoms with van der Waals surface area (Å²) in [7, 11) is 7.19. The molecule has 1 aromatic heterocycles. The summed E-state index contributed by atoms with van der Waals surface area (Å²) in [5.74, 6) is 1.62. The second-order valence-corrected chi connectivity index (χ2v) is 7.84. The van der Waals surface area contributed by atoms with Crippen molar-refractivity contribution in [2.45, 2.75) is 26.8 Å². The van der Waals surface area contributed by atoms with E-state index in [1.807, 2.05) is 18.9 Å². The molecule has 0 fully saturated rings. The Balaban J connectivity index is 1.82. The van der Waals surface area contributed by atoms with Crippen LogP contribution in [0.25, 0.3) is 10.9 Å². The maximum atomic E-state index is 12.8. The molecule has 3 aromatic rings. The third-order valence-corrected chi connectivity index (χ3v) is 5.69. The van der Waals surface area contributed by atoms with Gasteiger partial charge < -0.3 is 19.3 Å². The molecule has 3 rings (SSSR count). The Hall–Kier alpha value is -3.06. The van der Waals surface area contributed by atoms with E-state index in [-0.39, 0.29) is 5.56 Å². The number of benzene rings is 2. The van der Waals surface area contributed by atoms with Crippen molar-refractivity contribution in [2.24, 2.45) is 0 Å². The predicted molar refractivity (Wildman–Crippen MR) is 126 cm³/mol. The van der Waals surface area contributed by atoms with Crippen molar-refractivity contribution in [2.75, 3.05) is 46.3 Å². The normalized spacial score (nSPS) is 11.2. The van der Waals surface area contributed by atoms with Crippen LogP contribution in [0.5, 0.6) is 11.5 Å². The first-order chi connectivity index (χ1) is 14.9. The van der Waals surface area contributed by atoms with Gasteiger partial charge >= 0.3 is 0 Å². The Morgan fingerprint density at radius 3 is 2.35 bits per heavy atom. The number of anilines is 1. The molecule has 0 radical (unpaired) electrons. The Bertz CT molecular complexity index is 1090. The predicted octanol–water partition coefficient (Wildman–Crippen LogP) is 3.38. The highest BCUT2D eigenvalue weighted by Crippen LogP contribution is 2.35. The van der Waals surface area contributed by atoms with Crippen LogP contribution in [0.1, 0.15) is 23.6 Å². The number of H-pyrrole nitrogens is 1. The first-order valence-electron chi connectivity index (χ1n) is 10.5. The molecule has 0 spiro atoms. The van der Waals surface area contributed by atoms with Crippen molar-refractivity contribution in [3.63, 3.8) is 0 Å². The van der Waals surface area contributed by atoms with Gasteiger partial charge in [0.2, 0.25) is 5.95 Å². The van der Waals surface area contributed by atoms with Gasteiger partial charge in [0.25, 0.3) is 5.56 Å². The number of nitrogens with one attached hydrogen (secondary N) is 1. The molecule has 0 amide bonds. The number of hydrogen-bond acceptors (Lipinski definition) is 6. The Morgan fingerprint density at radius 1 is 1.06 bits per heavy atom. The average Bonchev–Trinajstić information content (AvgIpc) is 2.77. The summed E-state index contributed by atoms with van der Waals surface area (Å²) >= 11 is 0. The summed E-state index contributed by atoms with van der Waals surface area (Å²) in [5, 5.41) is 0.510. The van der Waals surface area contributed by atoms with Gasteiger partial charge in [0, 0.05) is 31.8 Å². The van der Waals surface area contributed by atoms with Crippen LogP contribution in [-0.2, 0) is 13.0 Å². The van der Waals surface area contributed by atoms with E-state index in [0.29, 0.717) is 40.5 Å². The van der Waals surface area contributed by atoms with Crippen molar-refractivity contribution in [1.29, 1.82) is 0 Å². The molecule has 166 valence electrons. The third-order valence-electron chi connectivity index (χ3n) is 5.69. The minimum absolute atomic E-state index is 0.194. The fourth-order valence-corrected chi connectivity index (χ4v) is 3.66. The molecular formula is C24H32N4O3. The maximum absolute atomic E-state index is 12.8. The van der Waals surface area contributed by atoms with Gasteiger partial charge in [0.1, 0.15) is 0 Å². The molecule has 0 atom stereocenters. The fourth-order valence-electron chi connectivity index (χ4n) is 3.66. The van der Waals surface area contributed by atoms with Crippen LogP contribution in [0.15, 0.2) is 35.1 Å². The average molecular weight is 425 g/mol. The number of fused-ring (bicyclic) bond motifs is 1. The molecule has 0 unspecified atom stereocenters. The van der Waals surface area contributed by atoms with Crippen LogP contribution in [-0.4, -0.2) is 56.3 Å². The minimum Gasteiger partial charge on any atom is -0.493 e. The highest BCUT2D eigenvalue weighted by molar-refractivity contribution is 5.86. The van der Waals surface area contributed by atoms with Crippen LogP contribution in [0.4, 0.5) is 5.95 Å². The zero-order chi connectivity index (χ0) is 22.5. The second-order valence-electron chi connectivity index (χ2n) is 7.84. The zero-order valence-electron chi connectivity index (χ0n) is 19.3. The van der Waals surface area contributed by atoms with Gasteiger partial charge in [-0.3, -0.25) is 9.78 Å². The van der Waals surface area contributed by atoms with E-state index in [2.05, 4.69) is 53.1 Å². The van der Waals surface area contributed by atoms with Crippen LogP contribution in [0.3, 0.4) is 0 Å². The summed E-state index contributed by atoms with van der Waals surface area (Å²) < 4.78 is 10.8. The standard InChI is InChI=1S/C24H32N4O3/c1-7-27(3)13-12-17-8-10-18(11-9-17)15-28(4)24-25-19-14-20(30-5)22(31-6)16(2)21(19)23(29)26-24/h8-11,14H,7,12-13,15H2,1-6H3,(H,25,26,29). The molecule has 7 heteroatoms. The largest absolute Gasteiger partial charge is 0.493 e. The van der Waals surface area contributed by atoms with Crippen molar-refractivity contribution < 1.29 is 9.47 Å². The Kier molecular flexibility index (Phi) is 7.17. The summed E-state index contributed by atoms with van der Waals surface area (Å²) in [6.45, 7) is 6.74. The molecule has 0 bridgehead atoms. The molecule has 0 saturated carbocycles. The van der Waals surface area contributed by atoms with E-state index in [0.717, 1.165) is 25.1 Å². The third kappa shape index (κ3) is 4.99. The molecule has 0 aliphatic carbocycles. The lowest BCUT2D eigenvalue weighted by molar-refractivity contribution is 0.354. The lowest BCUT2D eigenvalue weighted by Gasteiger charge is -2.19. The van der Waals surface area contributed by atoms with Gasteiger partial charge in [-0.25, -0.2) is 4.98 Å². The topological polar surface area (TPSA) is 70.7 Å². The van der Waals surface area contributed by atoms with Crippen molar-refractivity contribution in [3.8, 4) is 11.5 Å². The zero-order valence-corrected chi connectivity index (χ0v) is 19.3. The van der Waals surface area contributed by atoms with Crippen LogP contribution >= 0.6 is 0 Å². The summed E-state index contributed by atoms with van der Waals surface area (Å²) in [5.41, 5.74) is 3.57. The number of aromatic amines is 1. The number of aryl methyl sites for hydroxylation is 1. The lowest BCUT2D eigenvalue weighted by atomic mass is 10.1. The molecule has 1 heterocycles. The van der Waals surface area contributed by atoms with E-state index in [1.165, 1.54) is 5.56 Å². The quantitative estimate of drug-likeness (QED) is 0.568. The molecule has 0 aliphatic heterocycles. The highest BCUT2D eigenvalue weighted by atomic mass is 16.5. The molecule has 2 aromatic carbocycles. The minimum atomic E-state index is -0.194. The summed E-state index contributed by atoms with van der Waals surface area (Å²) in [4.78, 5) is 24.6. The number of ether oxygens (including phenoxy) is 2. The lowest BCUT2D eigenvalue weighted by Crippen LogP contribution is -2.23. The molecule has 1 N–H and O–H groups in total.